The number of hydrogen-bond donors (Lipinski definition) is 2. The predicted octanol–water partition coefficient (Wildman–Crippen LogP) is 2.75. The fourth-order valence-electron chi connectivity index (χ4n) is 2.81. The van der Waals surface area contributed by atoms with Crippen LogP contribution in [0, 0.1) is 0 Å². The fourth-order valence-corrected chi connectivity index (χ4v) is 2.81. The Morgan fingerprint density at radius 3 is 3.15 bits per heavy atom. The number of rotatable bonds is 4. The Balaban J connectivity index is 1.73. The lowest BCUT2D eigenvalue weighted by Gasteiger charge is -2.30. The molecule has 0 aliphatic carbocycles. The van der Waals surface area contributed by atoms with Crippen molar-refractivity contribution in [1.29, 1.82) is 0 Å². The van der Waals surface area contributed by atoms with Gasteiger partial charge in [0.1, 0.15) is 6.10 Å². The lowest BCUT2D eigenvalue weighted by Crippen LogP contribution is -2.31. The largest absolute Gasteiger partial charge is 0.386 e. The summed E-state index contributed by atoms with van der Waals surface area (Å²) in [7, 11) is 0. The Morgan fingerprint density at radius 2 is 2.30 bits per heavy atom. The van der Waals surface area contributed by atoms with Crippen LogP contribution >= 0.6 is 0 Å². The Hall–Kier alpha value is -1.81. The zero-order chi connectivity index (χ0) is 13.9. The van der Waals surface area contributed by atoms with Crippen molar-refractivity contribution in [3.8, 4) is 0 Å². The molecule has 3 rings (SSSR count). The van der Waals surface area contributed by atoms with Crippen LogP contribution in [0.3, 0.4) is 0 Å². The van der Waals surface area contributed by atoms with Gasteiger partial charge in [-0.15, -0.1) is 0 Å². The van der Waals surface area contributed by atoms with Crippen LogP contribution in [0.4, 0.5) is 5.69 Å². The summed E-state index contributed by atoms with van der Waals surface area (Å²) in [4.78, 5) is 0. The molecule has 0 bridgehead atoms. The lowest BCUT2D eigenvalue weighted by molar-refractivity contribution is 0.149. The van der Waals surface area contributed by atoms with Crippen molar-refractivity contribution < 1.29 is 5.11 Å². The molecule has 2 heterocycles. The smallest absolute Gasteiger partial charge is 0.102 e. The average Bonchev–Trinajstić information content (AvgIpc) is 2.95. The predicted molar refractivity (Wildman–Crippen MR) is 79.7 cm³/mol. The summed E-state index contributed by atoms with van der Waals surface area (Å²) < 4.78 is 1.90. The highest BCUT2D eigenvalue weighted by atomic mass is 16.3. The zero-order valence-corrected chi connectivity index (χ0v) is 11.8. The minimum atomic E-state index is -0.506. The van der Waals surface area contributed by atoms with E-state index in [1.807, 2.05) is 16.9 Å². The first-order chi connectivity index (χ1) is 9.78. The minimum Gasteiger partial charge on any atom is -0.386 e. The molecule has 1 aromatic carbocycles. The monoisotopic (exact) mass is 271 g/mol. The van der Waals surface area contributed by atoms with Gasteiger partial charge in [-0.3, -0.25) is 4.68 Å². The molecule has 0 fully saturated rings. The molecule has 2 atom stereocenters. The molecule has 1 aliphatic rings. The summed E-state index contributed by atoms with van der Waals surface area (Å²) >= 11 is 0. The van der Waals surface area contributed by atoms with Gasteiger partial charge in [-0.1, -0.05) is 25.1 Å². The van der Waals surface area contributed by atoms with Crippen LogP contribution in [-0.2, 0) is 13.0 Å². The highest BCUT2D eigenvalue weighted by Crippen LogP contribution is 2.30. The van der Waals surface area contributed by atoms with E-state index in [0.717, 1.165) is 37.1 Å². The summed E-state index contributed by atoms with van der Waals surface area (Å²) in [5.41, 5.74) is 3.37. The highest BCUT2D eigenvalue weighted by molar-refractivity contribution is 5.54. The van der Waals surface area contributed by atoms with Crippen LogP contribution in [0.5, 0.6) is 0 Å². The first-order valence-corrected chi connectivity index (χ1v) is 7.33. The summed E-state index contributed by atoms with van der Waals surface area (Å²) in [6, 6.07) is 8.37. The number of anilines is 1. The van der Waals surface area contributed by atoms with Crippen LogP contribution in [0.25, 0.3) is 0 Å². The molecule has 0 amide bonds. The van der Waals surface area contributed by atoms with Crippen molar-refractivity contribution >= 4 is 5.69 Å². The first kappa shape index (κ1) is 13.2. The molecule has 2 N–H and O–H groups in total. The number of fused-ring (bicyclic) bond motifs is 1. The Labute approximate surface area is 119 Å². The van der Waals surface area contributed by atoms with Gasteiger partial charge in [0, 0.05) is 24.0 Å². The van der Waals surface area contributed by atoms with Gasteiger partial charge >= 0.3 is 0 Å². The Bertz CT molecular complexity index is 579. The van der Waals surface area contributed by atoms with Crippen LogP contribution in [0.2, 0.25) is 0 Å². The van der Waals surface area contributed by atoms with E-state index in [9.17, 15) is 5.11 Å². The zero-order valence-electron chi connectivity index (χ0n) is 11.8. The number of nitrogens with zero attached hydrogens (tertiary/aromatic N) is 2. The summed E-state index contributed by atoms with van der Waals surface area (Å²) in [6.07, 6.45) is 6.23. The van der Waals surface area contributed by atoms with Gasteiger partial charge in [-0.25, -0.2) is 0 Å². The third kappa shape index (κ3) is 2.56. The SMILES string of the molecule is CCCn1cc(C(O)C2CCc3ccccc3N2)cn1. The average molecular weight is 271 g/mol. The Morgan fingerprint density at radius 1 is 1.45 bits per heavy atom. The van der Waals surface area contributed by atoms with Crippen molar-refractivity contribution in [3.05, 3.63) is 47.8 Å². The minimum absolute atomic E-state index is 0.0594. The number of nitrogens with one attached hydrogen (secondary N) is 1. The molecule has 2 aromatic rings. The van der Waals surface area contributed by atoms with Crippen LogP contribution in [0.1, 0.15) is 37.0 Å². The first-order valence-electron chi connectivity index (χ1n) is 7.33. The maximum Gasteiger partial charge on any atom is 0.102 e. The molecule has 1 aromatic heterocycles. The number of para-hydroxylation sites is 1. The molecule has 0 saturated heterocycles. The molecule has 0 spiro atoms. The van der Waals surface area contributed by atoms with Crippen LogP contribution in [0.15, 0.2) is 36.7 Å². The van der Waals surface area contributed by atoms with E-state index in [0.29, 0.717) is 0 Å². The van der Waals surface area contributed by atoms with Gasteiger partial charge in [0.15, 0.2) is 0 Å². The standard InChI is InChI=1S/C16H21N3O/c1-2-9-19-11-13(10-17-19)16(20)15-8-7-12-5-3-4-6-14(12)18-15/h3-6,10-11,15-16,18,20H,2,7-9H2,1H3. The lowest BCUT2D eigenvalue weighted by atomic mass is 9.93. The number of aromatic nitrogens is 2. The van der Waals surface area contributed by atoms with E-state index in [2.05, 4.69) is 35.5 Å². The van der Waals surface area contributed by atoms with Crippen LogP contribution in [-0.4, -0.2) is 20.9 Å². The highest BCUT2D eigenvalue weighted by Gasteiger charge is 2.26. The van der Waals surface area contributed by atoms with E-state index in [1.54, 1.807) is 6.20 Å². The molecule has 4 heteroatoms. The number of aryl methyl sites for hydroxylation is 2. The summed E-state index contributed by atoms with van der Waals surface area (Å²) in [5, 5.41) is 18.3. The van der Waals surface area contributed by atoms with Gasteiger partial charge in [-0.05, 0) is 30.9 Å². The number of benzene rings is 1. The van der Waals surface area contributed by atoms with Gasteiger partial charge < -0.3 is 10.4 Å². The maximum absolute atomic E-state index is 10.5. The number of aliphatic hydroxyl groups excluding tert-OH is 1. The van der Waals surface area contributed by atoms with Crippen LogP contribution < -0.4 is 5.32 Å². The molecule has 20 heavy (non-hydrogen) atoms. The normalized spacial score (nSPS) is 19.2. The third-order valence-corrected chi connectivity index (χ3v) is 3.91. The molecule has 106 valence electrons. The van der Waals surface area contributed by atoms with Crippen molar-refractivity contribution in [2.24, 2.45) is 0 Å². The molecular formula is C16H21N3O. The fraction of sp³-hybridized carbons (Fsp3) is 0.438. The topological polar surface area (TPSA) is 50.1 Å². The molecule has 4 nitrogen and oxygen atoms in total. The van der Waals surface area contributed by atoms with E-state index in [1.165, 1.54) is 5.56 Å². The van der Waals surface area contributed by atoms with E-state index in [4.69, 9.17) is 0 Å². The van der Waals surface area contributed by atoms with Crippen molar-refractivity contribution in [3.63, 3.8) is 0 Å². The summed E-state index contributed by atoms with van der Waals surface area (Å²) in [6.45, 7) is 3.02. The second-order valence-corrected chi connectivity index (χ2v) is 5.43. The number of hydrogen-bond acceptors (Lipinski definition) is 3. The van der Waals surface area contributed by atoms with Crippen molar-refractivity contribution in [1.82, 2.24) is 9.78 Å². The molecule has 2 unspecified atom stereocenters. The van der Waals surface area contributed by atoms with E-state index >= 15 is 0 Å². The molecule has 1 aliphatic heterocycles. The van der Waals surface area contributed by atoms with E-state index in [-0.39, 0.29) is 6.04 Å². The molecular weight excluding hydrogens is 250 g/mol. The Kier molecular flexibility index (Phi) is 3.74. The maximum atomic E-state index is 10.5. The molecule has 0 radical (unpaired) electrons. The molecule has 0 saturated carbocycles. The van der Waals surface area contributed by atoms with E-state index < -0.39 is 6.10 Å². The summed E-state index contributed by atoms with van der Waals surface area (Å²) in [5.74, 6) is 0. The van der Waals surface area contributed by atoms with Gasteiger partial charge in [0.2, 0.25) is 0 Å². The van der Waals surface area contributed by atoms with Gasteiger partial charge in [0.25, 0.3) is 0 Å². The second kappa shape index (κ2) is 5.67. The number of aliphatic hydroxyl groups is 1. The third-order valence-electron chi connectivity index (χ3n) is 3.91. The van der Waals surface area contributed by atoms with Gasteiger partial charge in [-0.2, -0.15) is 5.10 Å². The van der Waals surface area contributed by atoms with Crippen molar-refractivity contribution in [2.75, 3.05) is 5.32 Å². The van der Waals surface area contributed by atoms with Crippen molar-refractivity contribution in [2.45, 2.75) is 44.9 Å². The van der Waals surface area contributed by atoms with Gasteiger partial charge in [0.05, 0.1) is 12.2 Å². The second-order valence-electron chi connectivity index (χ2n) is 5.43. The quantitative estimate of drug-likeness (QED) is 0.899.